The van der Waals surface area contributed by atoms with Crippen LogP contribution in [0, 0.1) is 11.3 Å². The van der Waals surface area contributed by atoms with E-state index in [1.807, 2.05) is 20.9 Å². The van der Waals surface area contributed by atoms with E-state index >= 15 is 0 Å². The van der Waals surface area contributed by atoms with Crippen molar-refractivity contribution in [3.05, 3.63) is 17.2 Å². The monoisotopic (exact) mass is 228 g/mol. The van der Waals surface area contributed by atoms with Gasteiger partial charge in [0.05, 0.1) is 17.9 Å². The molecule has 5 heteroatoms. The fraction of sp³-hybridized carbons (Fsp3) is 0.600. The molecule has 1 saturated carbocycles. The van der Waals surface area contributed by atoms with Crippen LogP contribution in [0.4, 0.5) is 0 Å². The van der Waals surface area contributed by atoms with Crippen molar-refractivity contribution in [3.63, 3.8) is 0 Å². The van der Waals surface area contributed by atoms with Crippen molar-refractivity contribution >= 4 is 17.6 Å². The van der Waals surface area contributed by atoms with Gasteiger partial charge < -0.3 is 9.67 Å². The zero-order valence-electron chi connectivity index (χ0n) is 8.86. The van der Waals surface area contributed by atoms with Gasteiger partial charge >= 0.3 is 5.97 Å². The molecule has 0 saturated heterocycles. The third-order valence-electron chi connectivity index (χ3n) is 3.32. The minimum atomic E-state index is -0.762. The number of carboxylic acids is 1. The van der Waals surface area contributed by atoms with Gasteiger partial charge in [-0.2, -0.15) is 0 Å². The van der Waals surface area contributed by atoms with Crippen molar-refractivity contribution in [1.29, 1.82) is 0 Å². The molecule has 82 valence electrons. The molecule has 1 heterocycles. The summed E-state index contributed by atoms with van der Waals surface area (Å²) < 4.78 is 1.80. The molecule has 1 aliphatic rings. The number of carbonyl (C=O) groups is 1. The summed E-state index contributed by atoms with van der Waals surface area (Å²) in [6.45, 7) is 3.89. The SMILES string of the molecule is Cn1cnc(Cl)c1[C@@H]1[C@@H](C(=O)O)C1(C)C. The van der Waals surface area contributed by atoms with Crippen LogP contribution in [0.1, 0.15) is 25.5 Å². The Labute approximate surface area is 92.9 Å². The van der Waals surface area contributed by atoms with Gasteiger partial charge in [-0.25, -0.2) is 4.98 Å². The van der Waals surface area contributed by atoms with Gasteiger partial charge in [-0.1, -0.05) is 25.4 Å². The standard InChI is InChI=1S/C10H13ClN2O2/c1-10(2)5(6(10)9(14)15)7-8(11)12-4-13(7)3/h4-6H,1-3H3,(H,14,15)/t5-,6-/m0/s1. The van der Waals surface area contributed by atoms with Gasteiger partial charge in [-0.05, 0) is 5.41 Å². The summed E-state index contributed by atoms with van der Waals surface area (Å²) >= 11 is 5.95. The van der Waals surface area contributed by atoms with Crippen LogP contribution < -0.4 is 0 Å². The Morgan fingerprint density at radius 2 is 2.27 bits per heavy atom. The smallest absolute Gasteiger partial charge is 0.307 e. The number of halogens is 1. The van der Waals surface area contributed by atoms with Crippen LogP contribution in [-0.2, 0) is 11.8 Å². The quantitative estimate of drug-likeness (QED) is 0.841. The second kappa shape index (κ2) is 2.98. The van der Waals surface area contributed by atoms with Crippen molar-refractivity contribution in [1.82, 2.24) is 9.55 Å². The van der Waals surface area contributed by atoms with E-state index in [2.05, 4.69) is 4.98 Å². The Balaban J connectivity index is 2.39. The van der Waals surface area contributed by atoms with Crippen molar-refractivity contribution in [2.45, 2.75) is 19.8 Å². The molecule has 1 N–H and O–H groups in total. The number of rotatable bonds is 2. The van der Waals surface area contributed by atoms with Crippen LogP contribution in [-0.4, -0.2) is 20.6 Å². The molecule has 15 heavy (non-hydrogen) atoms. The largest absolute Gasteiger partial charge is 0.481 e. The summed E-state index contributed by atoms with van der Waals surface area (Å²) in [5, 5.41) is 9.48. The Morgan fingerprint density at radius 3 is 2.60 bits per heavy atom. The maximum Gasteiger partial charge on any atom is 0.307 e. The lowest BCUT2D eigenvalue weighted by Gasteiger charge is -2.03. The van der Waals surface area contributed by atoms with E-state index in [0.717, 1.165) is 5.69 Å². The van der Waals surface area contributed by atoms with Gasteiger partial charge in [0.15, 0.2) is 5.15 Å². The first kappa shape index (κ1) is 10.5. The van der Waals surface area contributed by atoms with Crippen molar-refractivity contribution in [3.8, 4) is 0 Å². The summed E-state index contributed by atoms with van der Waals surface area (Å²) in [5.41, 5.74) is 0.595. The maximum atomic E-state index is 11.0. The lowest BCUT2D eigenvalue weighted by atomic mass is 10.1. The number of aliphatic carboxylic acids is 1. The van der Waals surface area contributed by atoms with Gasteiger partial charge in [0.25, 0.3) is 0 Å². The molecule has 2 atom stereocenters. The molecular formula is C10H13ClN2O2. The third kappa shape index (κ3) is 1.35. The second-order valence-electron chi connectivity index (χ2n) is 4.65. The van der Waals surface area contributed by atoms with E-state index in [1.165, 1.54) is 0 Å². The van der Waals surface area contributed by atoms with Gasteiger partial charge in [0.1, 0.15) is 0 Å². The fourth-order valence-electron chi connectivity index (χ4n) is 2.37. The summed E-state index contributed by atoms with van der Waals surface area (Å²) in [6.07, 6.45) is 1.62. The van der Waals surface area contributed by atoms with E-state index in [1.54, 1.807) is 10.9 Å². The highest BCUT2D eigenvalue weighted by Crippen LogP contribution is 2.65. The lowest BCUT2D eigenvalue weighted by Crippen LogP contribution is -2.03. The van der Waals surface area contributed by atoms with Crippen LogP contribution in [0.5, 0.6) is 0 Å². The summed E-state index contributed by atoms with van der Waals surface area (Å²) in [4.78, 5) is 15.0. The zero-order chi connectivity index (χ0) is 11.4. The zero-order valence-corrected chi connectivity index (χ0v) is 9.62. The Hall–Kier alpha value is -1.03. The topological polar surface area (TPSA) is 55.1 Å². The molecule has 1 aliphatic carbocycles. The van der Waals surface area contributed by atoms with Crippen LogP contribution in [0.25, 0.3) is 0 Å². The molecule has 2 rings (SSSR count). The molecule has 0 bridgehead atoms. The molecule has 0 amide bonds. The molecule has 0 aliphatic heterocycles. The second-order valence-corrected chi connectivity index (χ2v) is 5.00. The molecule has 1 aromatic rings. The molecule has 1 aromatic heterocycles. The molecule has 1 fully saturated rings. The van der Waals surface area contributed by atoms with E-state index in [-0.39, 0.29) is 17.3 Å². The first-order chi connectivity index (χ1) is 6.87. The summed E-state index contributed by atoms with van der Waals surface area (Å²) in [5.74, 6) is -1.15. The normalized spacial score (nSPS) is 27.7. The average Bonchev–Trinajstić information content (AvgIpc) is 2.50. The van der Waals surface area contributed by atoms with Crippen molar-refractivity contribution in [2.24, 2.45) is 18.4 Å². The van der Waals surface area contributed by atoms with Gasteiger partial charge in [0, 0.05) is 13.0 Å². The highest BCUT2D eigenvalue weighted by molar-refractivity contribution is 6.30. The number of carboxylic acid groups (broad SMARTS) is 1. The van der Waals surface area contributed by atoms with Crippen LogP contribution in [0.3, 0.4) is 0 Å². The first-order valence-electron chi connectivity index (χ1n) is 4.77. The maximum absolute atomic E-state index is 11.0. The van der Waals surface area contributed by atoms with E-state index in [4.69, 9.17) is 16.7 Å². The first-order valence-corrected chi connectivity index (χ1v) is 5.14. The van der Waals surface area contributed by atoms with Crippen molar-refractivity contribution < 1.29 is 9.90 Å². The van der Waals surface area contributed by atoms with E-state index < -0.39 is 5.97 Å². The molecule has 0 aromatic carbocycles. The van der Waals surface area contributed by atoms with Gasteiger partial charge in [-0.15, -0.1) is 0 Å². The molecular weight excluding hydrogens is 216 g/mol. The number of imidazole rings is 1. The predicted octanol–water partition coefficient (Wildman–Crippen LogP) is 1.90. The average molecular weight is 229 g/mol. The van der Waals surface area contributed by atoms with Gasteiger partial charge in [-0.3, -0.25) is 4.79 Å². The third-order valence-corrected chi connectivity index (χ3v) is 3.61. The van der Waals surface area contributed by atoms with E-state index in [9.17, 15) is 4.79 Å². The molecule has 4 nitrogen and oxygen atoms in total. The lowest BCUT2D eigenvalue weighted by molar-refractivity contribution is -0.139. The van der Waals surface area contributed by atoms with E-state index in [0.29, 0.717) is 5.15 Å². The Bertz CT molecular complexity index is 406. The summed E-state index contributed by atoms with van der Waals surface area (Å²) in [6, 6.07) is 0. The predicted molar refractivity (Wildman–Crippen MR) is 55.9 cm³/mol. The molecule has 0 unspecified atom stereocenters. The van der Waals surface area contributed by atoms with Crippen molar-refractivity contribution in [2.75, 3.05) is 0 Å². The Kier molecular flexibility index (Phi) is 2.08. The Morgan fingerprint density at radius 1 is 1.67 bits per heavy atom. The number of aryl methyl sites for hydroxylation is 1. The minimum Gasteiger partial charge on any atom is -0.481 e. The highest BCUT2D eigenvalue weighted by Gasteiger charge is 2.64. The highest BCUT2D eigenvalue weighted by atomic mass is 35.5. The molecule has 0 spiro atoms. The summed E-state index contributed by atoms with van der Waals surface area (Å²) in [7, 11) is 1.83. The molecule has 0 radical (unpaired) electrons. The van der Waals surface area contributed by atoms with Crippen LogP contribution in [0.15, 0.2) is 6.33 Å². The van der Waals surface area contributed by atoms with Crippen LogP contribution >= 0.6 is 11.6 Å². The fourth-order valence-corrected chi connectivity index (χ4v) is 2.66. The minimum absolute atomic E-state index is 0.0324. The number of aromatic nitrogens is 2. The number of nitrogens with zero attached hydrogens (tertiary/aromatic N) is 2. The van der Waals surface area contributed by atoms with Gasteiger partial charge in [0.2, 0.25) is 0 Å². The number of hydrogen-bond donors (Lipinski definition) is 1. The van der Waals surface area contributed by atoms with Crippen LogP contribution in [0.2, 0.25) is 5.15 Å². The number of hydrogen-bond acceptors (Lipinski definition) is 2.